The first-order valence-corrected chi connectivity index (χ1v) is 14.1. The number of carbonyl (C=O) groups is 1. The fourth-order valence-corrected chi connectivity index (χ4v) is 5.03. The van der Waals surface area contributed by atoms with Crippen LogP contribution < -0.4 is 29.1 Å². The maximum absolute atomic E-state index is 12.9. The lowest BCUT2D eigenvalue weighted by Gasteiger charge is -2.23. The molecule has 0 fully saturated rings. The summed E-state index contributed by atoms with van der Waals surface area (Å²) < 4.78 is 40.7. The Hall–Kier alpha value is -5.20. The lowest BCUT2D eigenvalue weighted by Crippen LogP contribution is -2.22. The second kappa shape index (κ2) is 13.2. The number of anilines is 5. The van der Waals surface area contributed by atoms with Gasteiger partial charge < -0.3 is 24.8 Å². The van der Waals surface area contributed by atoms with Gasteiger partial charge in [0.05, 0.1) is 44.5 Å². The fourth-order valence-electron chi connectivity index (χ4n) is 4.46. The summed E-state index contributed by atoms with van der Waals surface area (Å²) in [6.07, 6.45) is 0.0815. The molecule has 5 rings (SSSR count). The first kappa shape index (κ1) is 29.3. The number of para-hydroxylation sites is 3. The number of hydrogen-bond donors (Lipinski definition) is 3. The second-order valence-electron chi connectivity index (χ2n) is 9.22. The highest BCUT2D eigenvalue weighted by atomic mass is 32.2. The van der Waals surface area contributed by atoms with Crippen LogP contribution in [0.4, 0.5) is 28.7 Å². The average Bonchev–Trinajstić information content (AvgIpc) is 3.01. The minimum Gasteiger partial charge on any atom is -0.497 e. The van der Waals surface area contributed by atoms with Crippen LogP contribution in [-0.2, 0) is 22.5 Å². The largest absolute Gasteiger partial charge is 0.497 e. The Labute approximate surface area is 250 Å². The minimum absolute atomic E-state index is 0.0815. The van der Waals surface area contributed by atoms with E-state index in [2.05, 4.69) is 10.6 Å². The number of ether oxygens (including phenoxy) is 3. The van der Waals surface area contributed by atoms with E-state index >= 15 is 0 Å². The van der Waals surface area contributed by atoms with Crippen molar-refractivity contribution in [2.45, 2.75) is 6.42 Å². The molecule has 0 radical (unpaired) electrons. The summed E-state index contributed by atoms with van der Waals surface area (Å²) >= 11 is -2.57. The van der Waals surface area contributed by atoms with Crippen LogP contribution in [0.15, 0.2) is 91.0 Å². The normalized spacial score (nSPS) is 11.4. The summed E-state index contributed by atoms with van der Waals surface area (Å²) in [5, 5.41) is 6.06. The third kappa shape index (κ3) is 6.83. The zero-order valence-corrected chi connectivity index (χ0v) is 24.4. The number of benzene rings is 4. The van der Waals surface area contributed by atoms with Crippen molar-refractivity contribution in [3.05, 3.63) is 96.6 Å². The van der Waals surface area contributed by atoms with Gasteiger partial charge in [-0.05, 0) is 36.4 Å². The Morgan fingerprint density at radius 2 is 1.49 bits per heavy atom. The highest BCUT2D eigenvalue weighted by molar-refractivity contribution is 7.81. The van der Waals surface area contributed by atoms with Gasteiger partial charge in [-0.25, -0.2) is 18.5 Å². The lowest BCUT2D eigenvalue weighted by atomic mass is 10.1. The van der Waals surface area contributed by atoms with E-state index in [-0.39, 0.29) is 24.0 Å². The van der Waals surface area contributed by atoms with Gasteiger partial charge in [0.25, 0.3) is 11.3 Å². The Morgan fingerprint density at radius 3 is 2.16 bits per heavy atom. The zero-order chi connectivity index (χ0) is 30.3. The Kier molecular flexibility index (Phi) is 8.99. The number of methoxy groups -OCH3 is 3. The van der Waals surface area contributed by atoms with Crippen LogP contribution in [-0.4, -0.2) is 46.0 Å². The Balaban J connectivity index is 1.52. The van der Waals surface area contributed by atoms with E-state index in [9.17, 15) is 13.6 Å². The molecular formula is C31H29N5O6S. The average molecular weight is 600 g/mol. The lowest BCUT2D eigenvalue weighted by molar-refractivity contribution is -0.115. The molecule has 1 amide bonds. The molecule has 1 aromatic heterocycles. The first-order valence-electron chi connectivity index (χ1n) is 13.1. The molecule has 1 atom stereocenters. The Morgan fingerprint density at radius 1 is 0.814 bits per heavy atom. The van der Waals surface area contributed by atoms with Crippen molar-refractivity contribution in [3.8, 4) is 17.2 Å². The van der Waals surface area contributed by atoms with Crippen LogP contribution in [0.5, 0.6) is 17.2 Å². The van der Waals surface area contributed by atoms with Crippen molar-refractivity contribution in [2.75, 3.05) is 36.3 Å². The zero-order valence-electron chi connectivity index (χ0n) is 23.6. The van der Waals surface area contributed by atoms with Crippen LogP contribution in [0, 0.1) is 0 Å². The smallest absolute Gasteiger partial charge is 0.268 e. The molecule has 0 aliphatic heterocycles. The summed E-state index contributed by atoms with van der Waals surface area (Å²) in [6.45, 7) is 0. The Bertz CT molecular complexity index is 1780. The second-order valence-corrected chi connectivity index (χ2v) is 10.0. The summed E-state index contributed by atoms with van der Waals surface area (Å²) in [5.74, 6) is 1.70. The third-order valence-corrected chi connectivity index (χ3v) is 7.12. The molecule has 0 aliphatic carbocycles. The monoisotopic (exact) mass is 599 g/mol. The van der Waals surface area contributed by atoms with Gasteiger partial charge in [-0.3, -0.25) is 9.35 Å². The van der Waals surface area contributed by atoms with Gasteiger partial charge >= 0.3 is 0 Å². The van der Waals surface area contributed by atoms with Gasteiger partial charge in [-0.2, -0.15) is 0 Å². The number of aromatic nitrogens is 2. The molecule has 0 saturated heterocycles. The third-order valence-electron chi connectivity index (χ3n) is 6.42. The molecular weight excluding hydrogens is 570 g/mol. The van der Waals surface area contributed by atoms with Crippen molar-refractivity contribution in [1.82, 2.24) is 9.97 Å². The topological polar surface area (TPSA) is 135 Å². The maximum Gasteiger partial charge on any atom is 0.268 e. The van der Waals surface area contributed by atoms with Crippen LogP contribution in [0.1, 0.15) is 5.56 Å². The molecule has 0 spiro atoms. The van der Waals surface area contributed by atoms with Crippen molar-refractivity contribution in [1.29, 1.82) is 0 Å². The van der Waals surface area contributed by atoms with E-state index in [0.29, 0.717) is 45.3 Å². The van der Waals surface area contributed by atoms with Gasteiger partial charge in [-0.15, -0.1) is 0 Å². The summed E-state index contributed by atoms with van der Waals surface area (Å²) in [7, 11) is 4.63. The molecule has 5 aromatic rings. The van der Waals surface area contributed by atoms with Crippen LogP contribution in [0.3, 0.4) is 0 Å². The SMILES string of the molecule is COc1cc(Nc2nc3ccccc3nc2N(c2cccc(NC(=O)Cc3ccccc3OC)c2)S(=O)O)cc(OC)c1. The molecule has 1 unspecified atom stereocenters. The molecule has 43 heavy (non-hydrogen) atoms. The van der Waals surface area contributed by atoms with Crippen LogP contribution >= 0.6 is 0 Å². The molecule has 1 heterocycles. The number of nitrogens with one attached hydrogen (secondary N) is 2. The van der Waals surface area contributed by atoms with Gasteiger partial charge in [0.1, 0.15) is 17.2 Å². The number of fused-ring (bicyclic) bond motifs is 1. The van der Waals surface area contributed by atoms with Crippen molar-refractivity contribution < 1.29 is 27.8 Å². The molecule has 0 saturated carbocycles. The molecule has 220 valence electrons. The number of rotatable bonds is 11. The molecule has 0 aliphatic rings. The highest BCUT2D eigenvalue weighted by Crippen LogP contribution is 2.36. The first-order chi connectivity index (χ1) is 20.9. The maximum atomic E-state index is 12.9. The van der Waals surface area contributed by atoms with Crippen molar-refractivity contribution in [2.24, 2.45) is 0 Å². The molecule has 3 N–H and O–H groups in total. The van der Waals surface area contributed by atoms with Crippen molar-refractivity contribution in [3.63, 3.8) is 0 Å². The molecule has 12 heteroatoms. The summed E-state index contributed by atoms with van der Waals surface area (Å²) in [4.78, 5) is 22.3. The van der Waals surface area contributed by atoms with Crippen molar-refractivity contribution >= 4 is 56.9 Å². The summed E-state index contributed by atoms with van der Waals surface area (Å²) in [6, 6.07) is 26.2. The predicted molar refractivity (Wildman–Crippen MR) is 167 cm³/mol. The van der Waals surface area contributed by atoms with Gasteiger partial charge in [-0.1, -0.05) is 36.4 Å². The van der Waals surface area contributed by atoms with E-state index in [4.69, 9.17) is 24.2 Å². The molecule has 4 aromatic carbocycles. The van der Waals surface area contributed by atoms with E-state index in [1.807, 2.05) is 24.3 Å². The molecule has 11 nitrogen and oxygen atoms in total. The standard InChI is InChI=1S/C31H29N5O6S/c1-40-24-17-22(18-25(19-24)41-2)33-30-31(35-27-13-6-5-12-26(27)34-30)36(43(38)39)23-11-8-10-21(16-23)32-29(37)15-20-9-4-7-14-28(20)42-3/h4-14,16-19H,15H2,1-3H3,(H,32,37)(H,33,34)(H,38,39). The number of hydrogen-bond acceptors (Lipinski definition) is 8. The van der Waals surface area contributed by atoms with Crippen LogP contribution in [0.25, 0.3) is 11.0 Å². The van der Waals surface area contributed by atoms with E-state index < -0.39 is 11.3 Å². The van der Waals surface area contributed by atoms with Gasteiger partial charge in [0.15, 0.2) is 11.6 Å². The quantitative estimate of drug-likeness (QED) is 0.160. The number of amides is 1. The van der Waals surface area contributed by atoms with E-state index in [1.165, 1.54) is 0 Å². The van der Waals surface area contributed by atoms with Gasteiger partial charge in [0.2, 0.25) is 5.91 Å². The summed E-state index contributed by atoms with van der Waals surface area (Å²) in [5.41, 5.74) is 3.10. The number of carbonyl (C=O) groups excluding carboxylic acids is 1. The van der Waals surface area contributed by atoms with Gasteiger partial charge in [0, 0.05) is 35.1 Å². The predicted octanol–water partition coefficient (Wildman–Crippen LogP) is 5.86. The van der Waals surface area contributed by atoms with E-state index in [0.717, 1.165) is 9.87 Å². The minimum atomic E-state index is -2.57. The molecule has 0 bridgehead atoms. The highest BCUT2D eigenvalue weighted by Gasteiger charge is 2.24. The van der Waals surface area contributed by atoms with Crippen LogP contribution in [0.2, 0.25) is 0 Å². The fraction of sp³-hybridized carbons (Fsp3) is 0.129. The van der Waals surface area contributed by atoms with E-state index in [1.54, 1.807) is 88.1 Å². The number of nitrogens with zero attached hydrogens (tertiary/aromatic N) is 3.